The van der Waals surface area contributed by atoms with E-state index in [1.165, 1.54) is 0 Å². The van der Waals surface area contributed by atoms with Crippen LogP contribution in [0, 0.1) is 13.8 Å². The first kappa shape index (κ1) is 15.0. The highest BCUT2D eigenvalue weighted by Gasteiger charge is 2.09. The van der Waals surface area contributed by atoms with Crippen LogP contribution in [0.2, 0.25) is 0 Å². The summed E-state index contributed by atoms with van der Waals surface area (Å²) >= 11 is 0. The minimum Gasteiger partial charge on any atom is -0.309 e. The molecular formula is C19H19N3O. The lowest BCUT2D eigenvalue weighted by Gasteiger charge is -2.07. The number of aromatic nitrogens is 2. The van der Waals surface area contributed by atoms with Crippen LogP contribution in [-0.4, -0.2) is 15.7 Å². The summed E-state index contributed by atoms with van der Waals surface area (Å²) in [7, 11) is 0. The number of aryl methyl sites for hydroxylation is 2. The Morgan fingerprint density at radius 2 is 1.87 bits per heavy atom. The minimum absolute atomic E-state index is 0.0583. The third-order valence-electron chi connectivity index (χ3n) is 3.73. The van der Waals surface area contributed by atoms with Gasteiger partial charge in [-0.15, -0.1) is 0 Å². The van der Waals surface area contributed by atoms with E-state index < -0.39 is 0 Å². The topological polar surface area (TPSA) is 46.9 Å². The first-order valence-corrected chi connectivity index (χ1v) is 7.59. The van der Waals surface area contributed by atoms with Gasteiger partial charge in [0.2, 0.25) is 5.91 Å². The van der Waals surface area contributed by atoms with Crippen LogP contribution in [0.4, 0.5) is 5.82 Å². The number of rotatable bonds is 4. The lowest BCUT2D eigenvalue weighted by molar-refractivity contribution is -0.115. The molecule has 116 valence electrons. The molecule has 3 rings (SSSR count). The molecule has 1 amide bonds. The van der Waals surface area contributed by atoms with Crippen molar-refractivity contribution in [3.05, 3.63) is 77.5 Å². The molecular weight excluding hydrogens is 286 g/mol. The summed E-state index contributed by atoms with van der Waals surface area (Å²) in [5.74, 6) is 0.501. The van der Waals surface area contributed by atoms with Crippen LogP contribution in [0.25, 0.3) is 5.69 Å². The van der Waals surface area contributed by atoms with Crippen molar-refractivity contribution in [2.75, 3.05) is 5.32 Å². The number of anilines is 1. The summed E-state index contributed by atoms with van der Waals surface area (Å²) in [6.07, 6.45) is 2.19. The van der Waals surface area contributed by atoms with Gasteiger partial charge >= 0.3 is 0 Å². The standard InChI is InChI=1S/C19H19N3O/c1-14-8-9-15(2)16(12-14)13-19(23)20-18-10-11-22(21-18)17-6-4-3-5-7-17/h3-12H,13H2,1-2H3,(H,20,21,23). The van der Waals surface area contributed by atoms with Crippen LogP contribution >= 0.6 is 0 Å². The number of amides is 1. The van der Waals surface area contributed by atoms with Crippen molar-refractivity contribution in [3.63, 3.8) is 0 Å². The summed E-state index contributed by atoms with van der Waals surface area (Å²) in [5.41, 5.74) is 4.29. The zero-order valence-corrected chi connectivity index (χ0v) is 13.3. The van der Waals surface area contributed by atoms with Crippen molar-refractivity contribution in [1.82, 2.24) is 9.78 Å². The van der Waals surface area contributed by atoms with Gasteiger partial charge in [0, 0.05) is 12.3 Å². The van der Waals surface area contributed by atoms with E-state index >= 15 is 0 Å². The van der Waals surface area contributed by atoms with Crippen LogP contribution in [0.3, 0.4) is 0 Å². The highest BCUT2D eigenvalue weighted by Crippen LogP contribution is 2.13. The molecule has 0 unspecified atom stereocenters. The quantitative estimate of drug-likeness (QED) is 0.799. The Morgan fingerprint density at radius 3 is 2.65 bits per heavy atom. The summed E-state index contributed by atoms with van der Waals surface area (Å²) < 4.78 is 1.74. The molecule has 2 aromatic carbocycles. The van der Waals surface area contributed by atoms with Crippen molar-refractivity contribution in [3.8, 4) is 5.69 Å². The van der Waals surface area contributed by atoms with Gasteiger partial charge in [0.15, 0.2) is 5.82 Å². The SMILES string of the molecule is Cc1ccc(C)c(CC(=O)Nc2ccn(-c3ccccc3)n2)c1. The number of para-hydroxylation sites is 1. The van der Waals surface area contributed by atoms with Gasteiger partial charge in [0.05, 0.1) is 12.1 Å². The molecule has 0 atom stereocenters. The van der Waals surface area contributed by atoms with Gasteiger partial charge in [-0.05, 0) is 37.1 Å². The summed E-state index contributed by atoms with van der Waals surface area (Å²) in [4.78, 5) is 12.2. The highest BCUT2D eigenvalue weighted by molar-refractivity contribution is 5.91. The molecule has 3 aromatic rings. The summed E-state index contributed by atoms with van der Waals surface area (Å²) in [6, 6.07) is 17.8. The molecule has 23 heavy (non-hydrogen) atoms. The number of benzene rings is 2. The van der Waals surface area contributed by atoms with E-state index in [4.69, 9.17) is 0 Å². The molecule has 1 heterocycles. The van der Waals surface area contributed by atoms with Crippen molar-refractivity contribution >= 4 is 11.7 Å². The molecule has 0 fully saturated rings. The normalized spacial score (nSPS) is 10.5. The zero-order chi connectivity index (χ0) is 16.2. The summed E-state index contributed by atoms with van der Waals surface area (Å²) in [6.45, 7) is 4.05. The zero-order valence-electron chi connectivity index (χ0n) is 13.3. The minimum atomic E-state index is -0.0583. The predicted molar refractivity (Wildman–Crippen MR) is 91.8 cm³/mol. The monoisotopic (exact) mass is 305 g/mol. The van der Waals surface area contributed by atoms with Gasteiger partial charge < -0.3 is 5.32 Å². The fourth-order valence-electron chi connectivity index (χ4n) is 2.47. The predicted octanol–water partition coefficient (Wildman–Crippen LogP) is 3.67. The van der Waals surface area contributed by atoms with Crippen LogP contribution in [0.1, 0.15) is 16.7 Å². The number of hydrogen-bond donors (Lipinski definition) is 1. The van der Waals surface area contributed by atoms with E-state index in [2.05, 4.69) is 22.5 Å². The molecule has 1 aromatic heterocycles. The van der Waals surface area contributed by atoms with Crippen LogP contribution in [0.5, 0.6) is 0 Å². The smallest absolute Gasteiger partial charge is 0.230 e. The number of hydrogen-bond acceptors (Lipinski definition) is 2. The second kappa shape index (κ2) is 6.48. The number of nitrogens with one attached hydrogen (secondary N) is 1. The summed E-state index contributed by atoms with van der Waals surface area (Å²) in [5, 5.41) is 7.24. The maximum absolute atomic E-state index is 12.2. The Morgan fingerprint density at radius 1 is 1.09 bits per heavy atom. The van der Waals surface area contributed by atoms with Crippen molar-refractivity contribution in [1.29, 1.82) is 0 Å². The number of carbonyl (C=O) groups is 1. The number of nitrogens with zero attached hydrogens (tertiary/aromatic N) is 2. The van der Waals surface area contributed by atoms with Gasteiger partial charge in [-0.2, -0.15) is 5.10 Å². The van der Waals surface area contributed by atoms with E-state index in [0.29, 0.717) is 12.2 Å². The Labute approximate surface area is 135 Å². The Hall–Kier alpha value is -2.88. The van der Waals surface area contributed by atoms with E-state index in [9.17, 15) is 4.79 Å². The molecule has 0 spiro atoms. The molecule has 1 N–H and O–H groups in total. The first-order chi connectivity index (χ1) is 11.1. The van der Waals surface area contributed by atoms with Crippen LogP contribution in [0.15, 0.2) is 60.8 Å². The average Bonchev–Trinajstić information content (AvgIpc) is 3.00. The first-order valence-electron chi connectivity index (χ1n) is 7.59. The maximum atomic E-state index is 12.2. The van der Waals surface area contributed by atoms with E-state index in [1.807, 2.05) is 56.4 Å². The van der Waals surface area contributed by atoms with Crippen molar-refractivity contribution in [2.45, 2.75) is 20.3 Å². The number of carbonyl (C=O) groups excluding carboxylic acids is 1. The van der Waals surface area contributed by atoms with E-state index in [1.54, 1.807) is 10.7 Å². The van der Waals surface area contributed by atoms with Gasteiger partial charge in [-0.3, -0.25) is 4.79 Å². The molecule has 0 radical (unpaired) electrons. The van der Waals surface area contributed by atoms with E-state index in [-0.39, 0.29) is 5.91 Å². The van der Waals surface area contributed by atoms with Crippen LogP contribution in [-0.2, 0) is 11.2 Å². The molecule has 4 nitrogen and oxygen atoms in total. The second-order valence-electron chi connectivity index (χ2n) is 5.64. The fourth-order valence-corrected chi connectivity index (χ4v) is 2.47. The Bertz CT molecular complexity index is 822. The Balaban J connectivity index is 1.69. The molecule has 0 saturated heterocycles. The third kappa shape index (κ3) is 3.66. The molecule has 0 aliphatic heterocycles. The maximum Gasteiger partial charge on any atom is 0.230 e. The largest absolute Gasteiger partial charge is 0.309 e. The van der Waals surface area contributed by atoms with Crippen molar-refractivity contribution < 1.29 is 4.79 Å². The molecule has 0 bridgehead atoms. The van der Waals surface area contributed by atoms with Gasteiger partial charge in [-0.1, -0.05) is 42.0 Å². The van der Waals surface area contributed by atoms with Gasteiger partial charge in [0.1, 0.15) is 0 Å². The molecule has 0 aliphatic rings. The van der Waals surface area contributed by atoms with Gasteiger partial charge in [-0.25, -0.2) is 4.68 Å². The highest BCUT2D eigenvalue weighted by atomic mass is 16.1. The average molecular weight is 305 g/mol. The fraction of sp³-hybridized carbons (Fsp3) is 0.158. The Kier molecular flexibility index (Phi) is 4.24. The van der Waals surface area contributed by atoms with E-state index in [0.717, 1.165) is 22.4 Å². The van der Waals surface area contributed by atoms with Gasteiger partial charge in [0.25, 0.3) is 0 Å². The van der Waals surface area contributed by atoms with Crippen molar-refractivity contribution in [2.24, 2.45) is 0 Å². The lowest BCUT2D eigenvalue weighted by Crippen LogP contribution is -2.15. The third-order valence-corrected chi connectivity index (χ3v) is 3.73. The lowest BCUT2D eigenvalue weighted by atomic mass is 10.0. The molecule has 0 saturated carbocycles. The molecule has 0 aliphatic carbocycles. The molecule has 4 heteroatoms. The second-order valence-corrected chi connectivity index (χ2v) is 5.64. The van der Waals surface area contributed by atoms with Crippen LogP contribution < -0.4 is 5.32 Å².